The molecule has 2 heterocycles. The SMILES string of the molecule is NC1C=C(Cc2ccc(Br)cn2)CNC1. The van der Waals surface area contributed by atoms with E-state index in [9.17, 15) is 0 Å². The molecule has 0 saturated heterocycles. The van der Waals surface area contributed by atoms with Gasteiger partial charge in [-0.3, -0.25) is 4.98 Å². The molecule has 1 aromatic heterocycles. The zero-order valence-corrected chi connectivity index (χ0v) is 10.00. The Morgan fingerprint density at radius 2 is 2.40 bits per heavy atom. The van der Waals surface area contributed by atoms with Crippen LogP contribution in [0.2, 0.25) is 0 Å². The van der Waals surface area contributed by atoms with Gasteiger partial charge in [0.05, 0.1) is 0 Å². The van der Waals surface area contributed by atoms with Crippen LogP contribution < -0.4 is 11.1 Å². The van der Waals surface area contributed by atoms with Crippen molar-refractivity contribution in [1.29, 1.82) is 0 Å². The van der Waals surface area contributed by atoms with Crippen molar-refractivity contribution in [3.05, 3.63) is 40.1 Å². The first-order chi connectivity index (χ1) is 7.24. The standard InChI is InChI=1S/C11H14BrN3/c12-9-1-2-11(15-6-9)4-8-3-10(13)7-14-5-8/h1-3,6,10,14H,4-5,7,13H2. The van der Waals surface area contributed by atoms with Crippen molar-refractivity contribution in [2.24, 2.45) is 5.73 Å². The first-order valence-electron chi connectivity index (χ1n) is 5.00. The van der Waals surface area contributed by atoms with Gasteiger partial charge >= 0.3 is 0 Å². The van der Waals surface area contributed by atoms with E-state index in [0.29, 0.717) is 0 Å². The van der Waals surface area contributed by atoms with Gasteiger partial charge < -0.3 is 11.1 Å². The number of nitrogens with one attached hydrogen (secondary N) is 1. The van der Waals surface area contributed by atoms with Gasteiger partial charge in [-0.25, -0.2) is 0 Å². The quantitative estimate of drug-likeness (QED) is 0.793. The Balaban J connectivity index is 2.05. The van der Waals surface area contributed by atoms with Gasteiger partial charge in [0.1, 0.15) is 0 Å². The minimum absolute atomic E-state index is 0.143. The van der Waals surface area contributed by atoms with Gasteiger partial charge in [0.2, 0.25) is 0 Å². The number of nitrogens with two attached hydrogens (primary N) is 1. The molecule has 0 radical (unpaired) electrons. The molecule has 80 valence electrons. The van der Waals surface area contributed by atoms with E-state index in [4.69, 9.17) is 5.73 Å². The minimum Gasteiger partial charge on any atom is -0.323 e. The molecular formula is C11H14BrN3. The van der Waals surface area contributed by atoms with Crippen LogP contribution in [0, 0.1) is 0 Å². The van der Waals surface area contributed by atoms with E-state index >= 15 is 0 Å². The molecule has 0 spiro atoms. The molecule has 2 rings (SSSR count). The zero-order valence-electron chi connectivity index (χ0n) is 8.41. The maximum absolute atomic E-state index is 5.84. The molecule has 4 heteroatoms. The summed E-state index contributed by atoms with van der Waals surface area (Å²) in [4.78, 5) is 4.34. The lowest BCUT2D eigenvalue weighted by Crippen LogP contribution is -2.38. The third-order valence-corrected chi connectivity index (χ3v) is 2.85. The molecule has 1 aliphatic heterocycles. The summed E-state index contributed by atoms with van der Waals surface area (Å²) in [5.41, 5.74) is 8.24. The van der Waals surface area contributed by atoms with Crippen molar-refractivity contribution < 1.29 is 0 Å². The summed E-state index contributed by atoms with van der Waals surface area (Å²) in [5.74, 6) is 0. The van der Waals surface area contributed by atoms with Crippen molar-refractivity contribution in [1.82, 2.24) is 10.3 Å². The van der Waals surface area contributed by atoms with E-state index < -0.39 is 0 Å². The van der Waals surface area contributed by atoms with Crippen molar-refractivity contribution in [3.8, 4) is 0 Å². The molecule has 1 aromatic rings. The number of hydrogen-bond acceptors (Lipinski definition) is 3. The maximum Gasteiger partial charge on any atom is 0.0445 e. The minimum atomic E-state index is 0.143. The molecule has 0 bridgehead atoms. The number of halogens is 1. The molecule has 1 aliphatic rings. The Morgan fingerprint density at radius 3 is 3.07 bits per heavy atom. The lowest BCUT2D eigenvalue weighted by Gasteiger charge is -2.18. The zero-order chi connectivity index (χ0) is 10.7. The van der Waals surface area contributed by atoms with E-state index in [1.165, 1.54) is 5.57 Å². The van der Waals surface area contributed by atoms with Crippen LogP contribution in [0.3, 0.4) is 0 Å². The highest BCUT2D eigenvalue weighted by Gasteiger charge is 2.09. The van der Waals surface area contributed by atoms with Crippen LogP contribution in [0.15, 0.2) is 34.5 Å². The normalized spacial score (nSPS) is 21.2. The molecule has 15 heavy (non-hydrogen) atoms. The lowest BCUT2D eigenvalue weighted by molar-refractivity contribution is 0.625. The van der Waals surface area contributed by atoms with Gasteiger partial charge in [0.15, 0.2) is 0 Å². The van der Waals surface area contributed by atoms with Crippen LogP contribution in [-0.2, 0) is 6.42 Å². The maximum atomic E-state index is 5.84. The van der Waals surface area contributed by atoms with Crippen molar-refractivity contribution in [3.63, 3.8) is 0 Å². The summed E-state index contributed by atoms with van der Waals surface area (Å²) in [6.45, 7) is 1.79. The predicted octanol–water partition coefficient (Wildman–Crippen LogP) is 1.24. The van der Waals surface area contributed by atoms with Gasteiger partial charge in [-0.05, 0) is 28.1 Å². The molecule has 0 aliphatic carbocycles. The first kappa shape index (κ1) is 10.8. The Hall–Kier alpha value is -0.710. The molecular weight excluding hydrogens is 254 g/mol. The highest BCUT2D eigenvalue weighted by atomic mass is 79.9. The Labute approximate surface area is 97.9 Å². The third kappa shape index (κ3) is 3.12. The monoisotopic (exact) mass is 267 g/mol. The summed E-state index contributed by atoms with van der Waals surface area (Å²) in [7, 11) is 0. The topological polar surface area (TPSA) is 50.9 Å². The van der Waals surface area contributed by atoms with Crippen LogP contribution >= 0.6 is 15.9 Å². The predicted molar refractivity (Wildman–Crippen MR) is 64.6 cm³/mol. The van der Waals surface area contributed by atoms with Gasteiger partial charge in [-0.1, -0.05) is 11.6 Å². The van der Waals surface area contributed by atoms with Gasteiger partial charge in [-0.2, -0.15) is 0 Å². The Bertz CT molecular complexity index is 359. The largest absolute Gasteiger partial charge is 0.323 e. The molecule has 0 saturated carbocycles. The number of nitrogens with zero attached hydrogens (tertiary/aromatic N) is 1. The second-order valence-electron chi connectivity index (χ2n) is 3.76. The summed E-state index contributed by atoms with van der Waals surface area (Å²) >= 11 is 3.37. The summed E-state index contributed by atoms with van der Waals surface area (Å²) < 4.78 is 1.01. The highest BCUT2D eigenvalue weighted by Crippen LogP contribution is 2.11. The molecule has 0 fully saturated rings. The molecule has 1 unspecified atom stereocenters. The van der Waals surface area contributed by atoms with Crippen molar-refractivity contribution in [2.45, 2.75) is 12.5 Å². The molecule has 0 amide bonds. The molecule has 3 nitrogen and oxygen atoms in total. The van der Waals surface area contributed by atoms with Crippen molar-refractivity contribution in [2.75, 3.05) is 13.1 Å². The first-order valence-corrected chi connectivity index (χ1v) is 5.79. The van der Waals surface area contributed by atoms with Crippen LogP contribution in [0.5, 0.6) is 0 Å². The number of rotatable bonds is 2. The van der Waals surface area contributed by atoms with Crippen LogP contribution in [0.4, 0.5) is 0 Å². The third-order valence-electron chi connectivity index (χ3n) is 2.38. The van der Waals surface area contributed by atoms with E-state index in [-0.39, 0.29) is 6.04 Å². The molecule has 3 N–H and O–H groups in total. The summed E-state index contributed by atoms with van der Waals surface area (Å²) in [6.07, 6.45) is 4.85. The average molecular weight is 268 g/mol. The smallest absolute Gasteiger partial charge is 0.0445 e. The summed E-state index contributed by atoms with van der Waals surface area (Å²) in [6, 6.07) is 4.19. The fourth-order valence-corrected chi connectivity index (χ4v) is 1.92. The summed E-state index contributed by atoms with van der Waals surface area (Å²) in [5, 5.41) is 3.29. The molecule has 1 atom stereocenters. The van der Waals surface area contributed by atoms with Crippen LogP contribution in [-0.4, -0.2) is 24.1 Å². The molecule has 0 aromatic carbocycles. The van der Waals surface area contributed by atoms with E-state index in [0.717, 1.165) is 29.7 Å². The Kier molecular flexibility index (Phi) is 3.51. The number of pyridine rings is 1. The van der Waals surface area contributed by atoms with Crippen LogP contribution in [0.1, 0.15) is 5.69 Å². The average Bonchev–Trinajstić information content (AvgIpc) is 2.22. The second-order valence-corrected chi connectivity index (χ2v) is 4.68. The number of hydrogen-bond donors (Lipinski definition) is 2. The fourth-order valence-electron chi connectivity index (χ4n) is 1.69. The van der Waals surface area contributed by atoms with Gasteiger partial charge in [0, 0.05) is 41.9 Å². The van der Waals surface area contributed by atoms with Gasteiger partial charge in [-0.15, -0.1) is 0 Å². The highest BCUT2D eigenvalue weighted by molar-refractivity contribution is 9.10. The van der Waals surface area contributed by atoms with E-state index in [1.807, 2.05) is 18.3 Å². The van der Waals surface area contributed by atoms with E-state index in [1.54, 1.807) is 0 Å². The lowest BCUT2D eigenvalue weighted by atomic mass is 10.0. The van der Waals surface area contributed by atoms with Gasteiger partial charge in [0.25, 0.3) is 0 Å². The van der Waals surface area contributed by atoms with Crippen molar-refractivity contribution >= 4 is 15.9 Å². The Morgan fingerprint density at radius 1 is 1.53 bits per heavy atom. The number of aromatic nitrogens is 1. The second kappa shape index (κ2) is 4.88. The van der Waals surface area contributed by atoms with Crippen LogP contribution in [0.25, 0.3) is 0 Å². The van der Waals surface area contributed by atoms with E-state index in [2.05, 4.69) is 32.3 Å². The fraction of sp³-hybridized carbons (Fsp3) is 0.364.